The second-order valence-corrected chi connectivity index (χ2v) is 13.3. The van der Waals surface area contributed by atoms with Gasteiger partial charge in [0.1, 0.15) is 11.9 Å². The molecule has 1 aromatic rings. The van der Waals surface area contributed by atoms with E-state index >= 15 is 4.39 Å². The summed E-state index contributed by atoms with van der Waals surface area (Å²) < 4.78 is 31.8. The molecule has 226 valence electrons. The SMILES string of the molecule is CNC[C@H](O)[C@]1(C)C[C@@H](OC(=O)COc2ccc3c(c2F)B(O)OC3)[C@]2(C)[C@H](C)CC[C@]3(CCC(=O)[C@H]32)[C@@H](C)[C@@H]1O. The molecule has 1 aliphatic heterocycles. The van der Waals surface area contributed by atoms with E-state index in [2.05, 4.69) is 12.2 Å². The number of benzene rings is 1. The van der Waals surface area contributed by atoms with Crippen LogP contribution in [0.5, 0.6) is 5.75 Å². The fourth-order valence-electron chi connectivity index (χ4n) is 8.76. The van der Waals surface area contributed by atoms with Crippen LogP contribution in [0.4, 0.5) is 4.39 Å². The number of hydrogen-bond donors (Lipinski definition) is 4. The Morgan fingerprint density at radius 3 is 2.73 bits per heavy atom. The van der Waals surface area contributed by atoms with Gasteiger partial charge in [-0.1, -0.05) is 33.8 Å². The van der Waals surface area contributed by atoms with E-state index in [9.17, 15) is 24.8 Å². The van der Waals surface area contributed by atoms with E-state index in [1.54, 1.807) is 13.1 Å². The first-order valence-electron chi connectivity index (χ1n) is 14.8. The first-order valence-corrected chi connectivity index (χ1v) is 14.8. The highest BCUT2D eigenvalue weighted by molar-refractivity contribution is 6.61. The zero-order valence-corrected chi connectivity index (χ0v) is 24.6. The second kappa shape index (κ2) is 10.9. The largest absolute Gasteiger partial charge is 0.494 e. The van der Waals surface area contributed by atoms with E-state index in [0.717, 1.165) is 12.8 Å². The number of halogens is 1. The summed E-state index contributed by atoms with van der Waals surface area (Å²) in [5.41, 5.74) is -1.74. The summed E-state index contributed by atoms with van der Waals surface area (Å²) in [6.07, 6.45) is 0.132. The van der Waals surface area contributed by atoms with Crippen molar-refractivity contribution in [1.82, 2.24) is 5.32 Å². The van der Waals surface area contributed by atoms with E-state index in [0.29, 0.717) is 18.4 Å². The molecule has 0 aromatic heterocycles. The summed E-state index contributed by atoms with van der Waals surface area (Å²) in [4.78, 5) is 27.0. The maximum atomic E-state index is 15.0. The normalized spacial score (nSPS) is 39.0. The highest BCUT2D eigenvalue weighted by Crippen LogP contribution is 2.68. The third kappa shape index (κ3) is 4.63. The summed E-state index contributed by atoms with van der Waals surface area (Å²) in [6.45, 7) is 7.67. The molecule has 2 bridgehead atoms. The average molecular weight is 575 g/mol. The van der Waals surface area contributed by atoms with Gasteiger partial charge in [0, 0.05) is 35.2 Å². The molecule has 11 heteroatoms. The van der Waals surface area contributed by atoms with Crippen LogP contribution in [0.25, 0.3) is 0 Å². The minimum Gasteiger partial charge on any atom is -0.479 e. The third-order valence-corrected chi connectivity index (χ3v) is 11.5. The summed E-state index contributed by atoms with van der Waals surface area (Å²) in [5, 5.41) is 36.2. The quantitative estimate of drug-likeness (QED) is 0.283. The molecule has 3 fully saturated rings. The topological polar surface area (TPSA) is 135 Å². The van der Waals surface area contributed by atoms with Gasteiger partial charge in [-0.15, -0.1) is 0 Å². The molecule has 9 atom stereocenters. The Labute approximate surface area is 241 Å². The molecule has 3 aliphatic carbocycles. The molecule has 0 spiro atoms. The lowest BCUT2D eigenvalue weighted by Gasteiger charge is -2.62. The first kappa shape index (κ1) is 30.4. The Morgan fingerprint density at radius 1 is 1.29 bits per heavy atom. The number of ketones is 1. The molecule has 4 aliphatic rings. The molecule has 0 unspecified atom stereocenters. The summed E-state index contributed by atoms with van der Waals surface area (Å²) in [5.74, 6) is -2.21. The van der Waals surface area contributed by atoms with E-state index in [1.807, 2.05) is 20.8 Å². The van der Waals surface area contributed by atoms with Crippen LogP contribution in [-0.2, 0) is 25.6 Å². The van der Waals surface area contributed by atoms with Gasteiger partial charge in [0.15, 0.2) is 18.2 Å². The number of nitrogens with one attached hydrogen (secondary N) is 1. The monoisotopic (exact) mass is 575 g/mol. The predicted molar refractivity (Wildman–Crippen MR) is 149 cm³/mol. The average Bonchev–Trinajstić information content (AvgIpc) is 3.49. The van der Waals surface area contributed by atoms with Crippen molar-refractivity contribution in [2.45, 2.75) is 84.7 Å². The van der Waals surface area contributed by atoms with Gasteiger partial charge in [-0.05, 0) is 61.6 Å². The van der Waals surface area contributed by atoms with Gasteiger partial charge in [0.05, 0.1) is 18.8 Å². The lowest BCUT2D eigenvalue weighted by atomic mass is 9.43. The van der Waals surface area contributed by atoms with Crippen molar-refractivity contribution >= 4 is 24.3 Å². The van der Waals surface area contributed by atoms with Crippen molar-refractivity contribution < 1.29 is 43.3 Å². The molecule has 0 saturated heterocycles. The lowest BCUT2D eigenvalue weighted by Crippen LogP contribution is -2.65. The maximum absolute atomic E-state index is 15.0. The maximum Gasteiger partial charge on any atom is 0.494 e. The number of likely N-dealkylation sites (N-methyl/N-ethyl adjacent to an activating group) is 1. The molecule has 3 saturated carbocycles. The number of esters is 1. The zero-order chi connectivity index (χ0) is 29.9. The number of rotatable bonds is 7. The van der Waals surface area contributed by atoms with Crippen molar-refractivity contribution in [3.8, 4) is 5.75 Å². The Bertz CT molecular complexity index is 1200. The number of ether oxygens (including phenoxy) is 2. The Morgan fingerprint density at radius 2 is 2.02 bits per heavy atom. The first-order chi connectivity index (χ1) is 19.3. The standard InChI is InChI=1S/C30H43BFNO8/c1-16-8-10-30-11-9-19(34)26(30)29(16,4)22(12-28(3,21(35)13-33-5)27(37)17(30)2)41-23(36)15-39-20-7-6-18-14-40-31(38)24(18)25(20)32/h6-7,16-17,21-22,26-27,33,35,37-38H,8-15H2,1-5H3/t16-,17+,21+,22-,26+,27+,28+,29+,30+/m1/s1. The van der Waals surface area contributed by atoms with Crippen molar-refractivity contribution in [3.63, 3.8) is 0 Å². The van der Waals surface area contributed by atoms with Crippen molar-refractivity contribution in [1.29, 1.82) is 0 Å². The summed E-state index contributed by atoms with van der Waals surface area (Å²) in [7, 11) is 0.328. The van der Waals surface area contributed by atoms with Crippen LogP contribution in [0.1, 0.15) is 65.4 Å². The molecule has 1 heterocycles. The number of Topliss-reactive ketones (excluding diaryl/α,β-unsaturated/α-hetero) is 1. The number of hydrogen-bond acceptors (Lipinski definition) is 9. The number of fused-ring (bicyclic) bond motifs is 1. The number of aliphatic hydroxyl groups is 2. The highest BCUT2D eigenvalue weighted by atomic mass is 19.1. The smallest absolute Gasteiger partial charge is 0.479 e. The molecule has 41 heavy (non-hydrogen) atoms. The fraction of sp³-hybridized carbons (Fsp3) is 0.733. The van der Waals surface area contributed by atoms with Gasteiger partial charge in [-0.3, -0.25) is 4.79 Å². The van der Waals surface area contributed by atoms with Gasteiger partial charge < -0.3 is 34.7 Å². The molecule has 1 aromatic carbocycles. The molecule has 0 amide bonds. The van der Waals surface area contributed by atoms with Crippen molar-refractivity contribution in [2.24, 2.45) is 34.0 Å². The molecule has 4 N–H and O–H groups in total. The van der Waals surface area contributed by atoms with Gasteiger partial charge in [-0.2, -0.15) is 0 Å². The Hall–Kier alpha value is -2.05. The number of aliphatic hydroxyl groups excluding tert-OH is 2. The molecule has 0 radical (unpaired) electrons. The zero-order valence-electron chi connectivity index (χ0n) is 24.6. The second-order valence-electron chi connectivity index (χ2n) is 13.3. The highest BCUT2D eigenvalue weighted by Gasteiger charge is 2.69. The van der Waals surface area contributed by atoms with Crippen LogP contribution < -0.4 is 15.5 Å². The lowest BCUT2D eigenvalue weighted by molar-refractivity contribution is -0.223. The van der Waals surface area contributed by atoms with Crippen LogP contribution in [0, 0.1) is 39.8 Å². The van der Waals surface area contributed by atoms with Crippen LogP contribution in [0.3, 0.4) is 0 Å². The minimum absolute atomic E-state index is 0.00657. The minimum atomic E-state index is -1.40. The van der Waals surface area contributed by atoms with Gasteiger partial charge >= 0.3 is 13.1 Å². The Balaban J connectivity index is 1.47. The van der Waals surface area contributed by atoms with Gasteiger partial charge in [-0.25, -0.2) is 9.18 Å². The molecule has 9 nitrogen and oxygen atoms in total. The van der Waals surface area contributed by atoms with Crippen molar-refractivity contribution in [3.05, 3.63) is 23.5 Å². The van der Waals surface area contributed by atoms with E-state index < -0.39 is 66.0 Å². The summed E-state index contributed by atoms with van der Waals surface area (Å²) >= 11 is 0. The van der Waals surface area contributed by atoms with Gasteiger partial charge in [0.25, 0.3) is 0 Å². The number of carbonyl (C=O) groups is 2. The third-order valence-electron chi connectivity index (χ3n) is 11.5. The molecular weight excluding hydrogens is 532 g/mol. The molecule has 5 rings (SSSR count). The van der Waals surface area contributed by atoms with Crippen LogP contribution in [-0.4, -0.2) is 72.6 Å². The van der Waals surface area contributed by atoms with Crippen molar-refractivity contribution in [2.75, 3.05) is 20.2 Å². The fourth-order valence-corrected chi connectivity index (χ4v) is 8.76. The number of carbonyl (C=O) groups excluding carboxylic acids is 2. The van der Waals surface area contributed by atoms with Crippen LogP contribution >= 0.6 is 0 Å². The van der Waals surface area contributed by atoms with Crippen LogP contribution in [0.2, 0.25) is 0 Å². The Kier molecular flexibility index (Phi) is 8.09. The van der Waals surface area contributed by atoms with E-state index in [-0.39, 0.29) is 48.4 Å². The van der Waals surface area contributed by atoms with Crippen LogP contribution in [0.15, 0.2) is 12.1 Å². The van der Waals surface area contributed by atoms with Gasteiger partial charge in [0.2, 0.25) is 0 Å². The van der Waals surface area contributed by atoms with E-state index in [1.165, 1.54) is 6.07 Å². The summed E-state index contributed by atoms with van der Waals surface area (Å²) in [6, 6.07) is 2.97. The predicted octanol–water partition coefficient (Wildman–Crippen LogP) is 1.72. The van der Waals surface area contributed by atoms with E-state index in [4.69, 9.17) is 14.1 Å². The molecular formula is C30H43BFNO8.